The number of rotatable bonds is 4. The molecule has 0 bridgehead atoms. The first-order valence-corrected chi connectivity index (χ1v) is 8.50. The number of nitrogens with zero attached hydrogens (tertiary/aromatic N) is 2. The normalized spacial score (nSPS) is 22.9. The van der Waals surface area contributed by atoms with Crippen molar-refractivity contribution in [3.63, 3.8) is 0 Å². The first kappa shape index (κ1) is 16.3. The third kappa shape index (κ3) is 4.03. The van der Waals surface area contributed by atoms with Crippen LogP contribution in [0.2, 0.25) is 0 Å². The maximum atomic E-state index is 12.0. The quantitative estimate of drug-likeness (QED) is 0.798. The van der Waals surface area contributed by atoms with E-state index in [1.165, 1.54) is 0 Å². The smallest absolute Gasteiger partial charge is 0.199 e. The molecule has 0 radical (unpaired) electrons. The van der Waals surface area contributed by atoms with Crippen molar-refractivity contribution in [3.05, 3.63) is 23.8 Å². The van der Waals surface area contributed by atoms with Gasteiger partial charge in [0.1, 0.15) is 5.75 Å². The lowest BCUT2D eigenvalue weighted by molar-refractivity contribution is -0.105. The van der Waals surface area contributed by atoms with E-state index in [4.69, 9.17) is 9.47 Å². The third-order valence-corrected chi connectivity index (χ3v) is 4.60. The molecule has 126 valence electrons. The Hall–Kier alpha value is -1.59. The van der Waals surface area contributed by atoms with Crippen LogP contribution in [0.15, 0.2) is 18.2 Å². The van der Waals surface area contributed by atoms with Crippen LogP contribution in [0.25, 0.3) is 0 Å². The number of carbonyl (C=O) groups excluding carboxylic acids is 1. The zero-order valence-electron chi connectivity index (χ0n) is 14.1. The first-order valence-electron chi connectivity index (χ1n) is 8.50. The van der Waals surface area contributed by atoms with Gasteiger partial charge >= 0.3 is 0 Å². The van der Waals surface area contributed by atoms with E-state index in [0.717, 1.165) is 69.0 Å². The molecule has 0 amide bonds. The summed E-state index contributed by atoms with van der Waals surface area (Å²) in [4.78, 5) is 16.6. The first-order chi connectivity index (χ1) is 11.1. The summed E-state index contributed by atoms with van der Waals surface area (Å²) in [7, 11) is 2.13. The molecule has 0 spiro atoms. The lowest BCUT2D eigenvalue weighted by Crippen LogP contribution is -2.45. The Morgan fingerprint density at radius 1 is 1.22 bits per heavy atom. The summed E-state index contributed by atoms with van der Waals surface area (Å²) in [6.45, 7) is 6.27. The Balaban J connectivity index is 1.79. The Kier molecular flexibility index (Phi) is 5.18. The summed E-state index contributed by atoms with van der Waals surface area (Å²) in [5, 5.41) is 0. The molecule has 1 aromatic rings. The largest absolute Gasteiger partial charge is 0.465 e. The Labute approximate surface area is 138 Å². The van der Waals surface area contributed by atoms with Crippen LogP contribution in [0.1, 0.15) is 36.5 Å². The van der Waals surface area contributed by atoms with Crippen LogP contribution in [-0.4, -0.2) is 56.8 Å². The molecule has 23 heavy (non-hydrogen) atoms. The summed E-state index contributed by atoms with van der Waals surface area (Å²) in [6, 6.07) is 5.77. The van der Waals surface area contributed by atoms with E-state index in [0.29, 0.717) is 0 Å². The highest BCUT2D eigenvalue weighted by atomic mass is 16.7. The zero-order valence-corrected chi connectivity index (χ0v) is 14.1. The molecular formula is C18H26N2O3. The number of ether oxygens (including phenoxy) is 2. The monoisotopic (exact) mass is 318 g/mol. The molecule has 2 aliphatic rings. The molecule has 0 aliphatic carbocycles. The van der Waals surface area contributed by atoms with Gasteiger partial charge in [0.25, 0.3) is 0 Å². The number of benzene rings is 1. The van der Waals surface area contributed by atoms with Crippen LogP contribution >= 0.6 is 0 Å². The number of carbonyl (C=O) groups is 1. The second-order valence-corrected chi connectivity index (χ2v) is 6.44. The van der Waals surface area contributed by atoms with E-state index in [2.05, 4.69) is 16.8 Å². The van der Waals surface area contributed by atoms with Gasteiger partial charge in [0.05, 0.1) is 12.3 Å². The van der Waals surface area contributed by atoms with Gasteiger partial charge in [0.2, 0.25) is 0 Å². The average molecular weight is 318 g/mol. The lowest BCUT2D eigenvalue weighted by atomic mass is 10.1. The molecular weight excluding hydrogens is 292 g/mol. The molecule has 1 aromatic carbocycles. The van der Waals surface area contributed by atoms with E-state index >= 15 is 0 Å². The molecule has 0 saturated carbocycles. The van der Waals surface area contributed by atoms with Crippen molar-refractivity contribution >= 4 is 11.5 Å². The van der Waals surface area contributed by atoms with Gasteiger partial charge in [-0.15, -0.1) is 0 Å². The van der Waals surface area contributed by atoms with Gasteiger partial charge in [-0.2, -0.15) is 0 Å². The van der Waals surface area contributed by atoms with Crippen molar-refractivity contribution < 1.29 is 14.3 Å². The van der Waals surface area contributed by atoms with Crippen LogP contribution in [0, 0.1) is 0 Å². The van der Waals surface area contributed by atoms with Crippen LogP contribution in [0.3, 0.4) is 0 Å². The van der Waals surface area contributed by atoms with Gasteiger partial charge < -0.3 is 19.3 Å². The van der Waals surface area contributed by atoms with Gasteiger partial charge in [0, 0.05) is 44.2 Å². The van der Waals surface area contributed by atoms with Crippen LogP contribution < -0.4 is 9.64 Å². The second-order valence-electron chi connectivity index (χ2n) is 6.44. The maximum Gasteiger partial charge on any atom is 0.199 e. The van der Waals surface area contributed by atoms with Crippen LogP contribution in [0.5, 0.6) is 5.75 Å². The number of piperazine rings is 1. The van der Waals surface area contributed by atoms with E-state index in [1.54, 1.807) is 6.92 Å². The van der Waals surface area contributed by atoms with Crippen molar-refractivity contribution in [2.45, 2.75) is 32.5 Å². The SMILES string of the molecule is CC(=O)c1ccc(O[C@H]2CCCCO2)cc1N1CCN(C)CC1. The van der Waals surface area contributed by atoms with E-state index in [1.807, 2.05) is 18.2 Å². The van der Waals surface area contributed by atoms with E-state index in [9.17, 15) is 4.79 Å². The highest BCUT2D eigenvalue weighted by Gasteiger charge is 2.21. The molecule has 0 aromatic heterocycles. The molecule has 2 saturated heterocycles. The highest BCUT2D eigenvalue weighted by molar-refractivity contribution is 6.00. The molecule has 0 unspecified atom stereocenters. The molecule has 3 rings (SSSR count). The Morgan fingerprint density at radius 2 is 2.00 bits per heavy atom. The van der Waals surface area contributed by atoms with Gasteiger partial charge in [-0.25, -0.2) is 0 Å². The topological polar surface area (TPSA) is 42.0 Å². The summed E-state index contributed by atoms with van der Waals surface area (Å²) in [5.74, 6) is 0.884. The lowest BCUT2D eigenvalue weighted by Gasteiger charge is -2.35. The second kappa shape index (κ2) is 7.32. The van der Waals surface area contributed by atoms with Gasteiger partial charge in [-0.1, -0.05) is 0 Å². The van der Waals surface area contributed by atoms with E-state index in [-0.39, 0.29) is 12.1 Å². The number of Topliss-reactive ketones (excluding diaryl/α,β-unsaturated/α-hetero) is 1. The zero-order chi connectivity index (χ0) is 16.2. The predicted molar refractivity (Wildman–Crippen MR) is 90.4 cm³/mol. The third-order valence-electron chi connectivity index (χ3n) is 4.60. The molecule has 0 N–H and O–H groups in total. The Bertz CT molecular complexity index is 547. The molecule has 2 heterocycles. The summed E-state index contributed by atoms with van der Waals surface area (Å²) in [5.41, 5.74) is 1.75. The summed E-state index contributed by atoms with van der Waals surface area (Å²) < 4.78 is 11.6. The van der Waals surface area contributed by atoms with Crippen LogP contribution in [-0.2, 0) is 4.74 Å². The summed E-state index contributed by atoms with van der Waals surface area (Å²) in [6.07, 6.45) is 3.02. The predicted octanol–water partition coefficient (Wildman–Crippen LogP) is 2.55. The molecule has 2 fully saturated rings. The average Bonchev–Trinajstić information content (AvgIpc) is 2.56. The minimum Gasteiger partial charge on any atom is -0.465 e. The van der Waals surface area contributed by atoms with Crippen molar-refractivity contribution in [1.29, 1.82) is 0 Å². The molecule has 2 aliphatic heterocycles. The number of ketones is 1. The fraction of sp³-hybridized carbons (Fsp3) is 0.611. The van der Waals surface area contributed by atoms with E-state index < -0.39 is 0 Å². The molecule has 5 heteroatoms. The van der Waals surface area contributed by atoms with Crippen LogP contribution in [0.4, 0.5) is 5.69 Å². The standard InChI is InChI=1S/C18H26N2O3/c1-14(21)16-7-6-15(23-18-5-3-4-12-22-18)13-17(16)20-10-8-19(2)9-11-20/h6-7,13,18H,3-5,8-12H2,1-2H3/t18-/m0/s1. The molecule has 5 nitrogen and oxygen atoms in total. The fourth-order valence-electron chi connectivity index (χ4n) is 3.15. The van der Waals surface area contributed by atoms with Gasteiger partial charge in [-0.3, -0.25) is 4.79 Å². The molecule has 1 atom stereocenters. The maximum absolute atomic E-state index is 12.0. The minimum absolute atomic E-state index is 0.0967. The van der Waals surface area contributed by atoms with Crippen molar-refractivity contribution in [2.24, 2.45) is 0 Å². The van der Waals surface area contributed by atoms with Gasteiger partial charge in [0.15, 0.2) is 12.1 Å². The highest BCUT2D eigenvalue weighted by Crippen LogP contribution is 2.29. The van der Waals surface area contributed by atoms with Crippen molar-refractivity contribution in [1.82, 2.24) is 4.90 Å². The number of hydrogen-bond donors (Lipinski definition) is 0. The number of anilines is 1. The number of likely N-dealkylation sites (N-methyl/N-ethyl adjacent to an activating group) is 1. The summed E-state index contributed by atoms with van der Waals surface area (Å²) >= 11 is 0. The van der Waals surface area contributed by atoms with Gasteiger partial charge in [-0.05, 0) is 38.9 Å². The minimum atomic E-state index is -0.160. The Morgan fingerprint density at radius 3 is 2.65 bits per heavy atom. The fourth-order valence-corrected chi connectivity index (χ4v) is 3.15. The van der Waals surface area contributed by atoms with Crippen molar-refractivity contribution in [3.8, 4) is 5.75 Å². The van der Waals surface area contributed by atoms with Crippen molar-refractivity contribution in [2.75, 3.05) is 44.7 Å². The number of hydrogen-bond acceptors (Lipinski definition) is 5.